The van der Waals surface area contributed by atoms with Gasteiger partial charge in [0.15, 0.2) is 0 Å². The normalized spacial score (nSPS) is 18.8. The predicted octanol–water partition coefficient (Wildman–Crippen LogP) is 3.84. The van der Waals surface area contributed by atoms with Crippen molar-refractivity contribution >= 4 is 32.2 Å². The van der Waals surface area contributed by atoms with Crippen LogP contribution in [0.25, 0.3) is 16.6 Å². The maximum Gasteiger partial charge on any atom is 0.392 e. The topological polar surface area (TPSA) is 107 Å². The summed E-state index contributed by atoms with van der Waals surface area (Å²) in [4.78, 5) is 1.65. The van der Waals surface area contributed by atoms with Crippen LogP contribution in [-0.2, 0) is 10.0 Å². The fraction of sp³-hybridized carbons (Fsp3) is 0.400. The highest BCUT2D eigenvalue weighted by Gasteiger charge is 2.42. The Balaban J connectivity index is 1.76. The third-order valence-corrected chi connectivity index (χ3v) is 8.61. The summed E-state index contributed by atoms with van der Waals surface area (Å²) in [6.45, 7) is 2.49. The Labute approximate surface area is 223 Å². The first-order valence-corrected chi connectivity index (χ1v) is 13.6. The Morgan fingerprint density at radius 3 is 2.56 bits per heavy atom. The van der Waals surface area contributed by atoms with Crippen molar-refractivity contribution in [1.82, 2.24) is 24.4 Å². The molecule has 39 heavy (non-hydrogen) atoms. The number of nitrogens with one attached hydrogen (secondary N) is 2. The minimum Gasteiger partial charge on any atom is -0.312 e. The Morgan fingerprint density at radius 2 is 1.95 bits per heavy atom. The average Bonchev–Trinajstić information content (AvgIpc) is 3.29. The average molecular weight is 568 g/mol. The second-order valence-electron chi connectivity index (χ2n) is 9.43. The van der Waals surface area contributed by atoms with Crippen molar-refractivity contribution in [1.29, 1.82) is 5.41 Å². The third-order valence-electron chi connectivity index (χ3n) is 6.86. The van der Waals surface area contributed by atoms with Crippen molar-refractivity contribution in [3.63, 3.8) is 0 Å². The lowest BCUT2D eigenvalue weighted by molar-refractivity contribution is -0.176. The number of nitrogens with zero attached hydrogens (tertiary/aromatic N) is 5. The van der Waals surface area contributed by atoms with Crippen LogP contribution in [0.3, 0.4) is 0 Å². The van der Waals surface area contributed by atoms with E-state index in [1.807, 2.05) is 12.1 Å². The molecule has 0 unspecified atom stereocenters. The molecular formula is C25H29F4N7O2S. The minimum absolute atomic E-state index is 0.0518. The zero-order chi connectivity index (χ0) is 28.5. The summed E-state index contributed by atoms with van der Waals surface area (Å²) in [7, 11) is -2.76. The number of hydrogen-bond acceptors (Lipinski definition) is 7. The standard InChI is InChI=1S/C25H29F4N7O2S/c1-16-10-22-18(13-32-36(22)20-6-4-19(26)5-7-20)11-21(16)23-15-35(39(37,38)24(12-30)33-31-3)9-8-34(23)14-17(2)25(27,28)29/h4-7,10-13,17,23,30-31H,8-9,14-15H2,1-3H3/b30-12?,33-24+/t17-,23+/m1/s1. The molecule has 1 fully saturated rings. The molecule has 14 heteroatoms. The summed E-state index contributed by atoms with van der Waals surface area (Å²) >= 11 is 0. The number of alkyl halides is 3. The van der Waals surface area contributed by atoms with Crippen LogP contribution in [0, 0.1) is 24.1 Å². The maximum atomic E-state index is 13.5. The lowest BCUT2D eigenvalue weighted by Gasteiger charge is -2.42. The van der Waals surface area contributed by atoms with E-state index >= 15 is 0 Å². The molecule has 0 saturated carbocycles. The molecule has 0 amide bonds. The van der Waals surface area contributed by atoms with Gasteiger partial charge in [-0.05, 0) is 54.4 Å². The number of halogens is 4. The summed E-state index contributed by atoms with van der Waals surface area (Å²) < 4.78 is 83.1. The molecule has 0 radical (unpaired) electrons. The van der Waals surface area contributed by atoms with Gasteiger partial charge >= 0.3 is 6.18 Å². The zero-order valence-corrected chi connectivity index (χ0v) is 22.4. The van der Waals surface area contributed by atoms with E-state index < -0.39 is 33.2 Å². The fourth-order valence-electron chi connectivity index (χ4n) is 4.73. The molecule has 210 valence electrons. The van der Waals surface area contributed by atoms with E-state index in [0.717, 1.165) is 16.8 Å². The molecule has 3 aromatic rings. The lowest BCUT2D eigenvalue weighted by Crippen LogP contribution is -2.53. The zero-order valence-electron chi connectivity index (χ0n) is 21.6. The van der Waals surface area contributed by atoms with Gasteiger partial charge < -0.3 is 10.8 Å². The molecule has 2 atom stereocenters. The van der Waals surface area contributed by atoms with E-state index in [4.69, 9.17) is 5.41 Å². The fourth-order valence-corrected chi connectivity index (χ4v) is 6.01. The number of piperazine rings is 1. The van der Waals surface area contributed by atoms with Gasteiger partial charge in [-0.1, -0.05) is 6.92 Å². The predicted molar refractivity (Wildman–Crippen MR) is 141 cm³/mol. The van der Waals surface area contributed by atoms with Crippen molar-refractivity contribution in [3.05, 3.63) is 59.5 Å². The first kappa shape index (κ1) is 28.6. The van der Waals surface area contributed by atoms with E-state index in [0.29, 0.717) is 28.4 Å². The van der Waals surface area contributed by atoms with Crippen LogP contribution in [0.4, 0.5) is 17.6 Å². The molecule has 0 spiro atoms. The van der Waals surface area contributed by atoms with Crippen LogP contribution in [0.2, 0.25) is 0 Å². The second-order valence-corrected chi connectivity index (χ2v) is 11.3. The summed E-state index contributed by atoms with van der Waals surface area (Å²) in [5.41, 5.74) is 5.12. The number of aryl methyl sites for hydroxylation is 1. The largest absolute Gasteiger partial charge is 0.392 e. The molecule has 1 aromatic heterocycles. The minimum atomic E-state index is -4.41. The van der Waals surface area contributed by atoms with E-state index in [-0.39, 0.29) is 32.0 Å². The summed E-state index contributed by atoms with van der Waals surface area (Å²) in [5.74, 6) is -2.01. The van der Waals surface area contributed by atoms with Crippen LogP contribution in [0.1, 0.15) is 24.1 Å². The van der Waals surface area contributed by atoms with Crippen LogP contribution < -0.4 is 5.43 Å². The molecule has 0 aliphatic carbocycles. The van der Waals surface area contributed by atoms with Gasteiger partial charge in [-0.3, -0.25) is 4.90 Å². The molecule has 1 aliphatic heterocycles. The van der Waals surface area contributed by atoms with Gasteiger partial charge in [-0.25, -0.2) is 17.5 Å². The SMILES string of the molecule is CN/N=C(\C=N)S(=O)(=O)N1CCN(C[C@@H](C)C(F)(F)F)[C@H](c2cc3cnn(-c4ccc(F)cc4)c3cc2C)C1. The Kier molecular flexibility index (Phi) is 8.09. The molecule has 9 nitrogen and oxygen atoms in total. The van der Waals surface area contributed by atoms with Gasteiger partial charge in [0.25, 0.3) is 10.0 Å². The van der Waals surface area contributed by atoms with E-state index in [2.05, 4.69) is 15.6 Å². The number of sulfonamides is 1. The third kappa shape index (κ3) is 5.82. The number of benzene rings is 2. The van der Waals surface area contributed by atoms with Gasteiger partial charge in [0.1, 0.15) is 5.82 Å². The highest BCUT2D eigenvalue weighted by atomic mass is 32.2. The van der Waals surface area contributed by atoms with Crippen molar-refractivity contribution in [2.45, 2.75) is 26.1 Å². The number of rotatable bonds is 7. The summed E-state index contributed by atoms with van der Waals surface area (Å²) in [5, 5.41) is 15.8. The molecular weight excluding hydrogens is 538 g/mol. The number of hydrogen-bond donors (Lipinski definition) is 2. The first-order chi connectivity index (χ1) is 18.4. The van der Waals surface area contributed by atoms with Gasteiger partial charge in [0.2, 0.25) is 5.04 Å². The smallest absolute Gasteiger partial charge is 0.312 e. The van der Waals surface area contributed by atoms with Crippen LogP contribution in [0.15, 0.2) is 47.7 Å². The highest BCUT2D eigenvalue weighted by Crippen LogP contribution is 2.35. The summed E-state index contributed by atoms with van der Waals surface area (Å²) in [6.07, 6.45) is -2.18. The van der Waals surface area contributed by atoms with Crippen LogP contribution >= 0.6 is 0 Å². The molecule has 1 saturated heterocycles. The van der Waals surface area contributed by atoms with Gasteiger partial charge in [-0.15, -0.1) is 0 Å². The van der Waals surface area contributed by atoms with Crippen molar-refractivity contribution in [3.8, 4) is 5.69 Å². The molecule has 0 bridgehead atoms. The number of aromatic nitrogens is 2. The quantitative estimate of drug-likeness (QED) is 0.195. The molecule has 4 rings (SSSR count). The van der Waals surface area contributed by atoms with Crippen molar-refractivity contribution < 1.29 is 26.0 Å². The first-order valence-electron chi connectivity index (χ1n) is 12.2. The van der Waals surface area contributed by atoms with Gasteiger partial charge in [-0.2, -0.15) is 27.7 Å². The Hall–Kier alpha value is -3.36. The number of fused-ring (bicyclic) bond motifs is 1. The van der Waals surface area contributed by atoms with E-state index in [1.54, 1.807) is 34.8 Å². The van der Waals surface area contributed by atoms with Crippen molar-refractivity contribution in [2.24, 2.45) is 11.0 Å². The molecule has 2 N–H and O–H groups in total. The Morgan fingerprint density at radius 1 is 1.26 bits per heavy atom. The molecule has 2 aromatic carbocycles. The van der Waals surface area contributed by atoms with Gasteiger partial charge in [0, 0.05) is 44.7 Å². The van der Waals surface area contributed by atoms with Gasteiger partial charge in [0.05, 0.1) is 29.5 Å². The van der Waals surface area contributed by atoms with Crippen LogP contribution in [-0.4, -0.2) is 78.1 Å². The van der Waals surface area contributed by atoms with E-state index in [1.165, 1.54) is 19.2 Å². The Bertz CT molecular complexity index is 1490. The van der Waals surface area contributed by atoms with E-state index in [9.17, 15) is 26.0 Å². The van der Waals surface area contributed by atoms with Crippen molar-refractivity contribution in [2.75, 3.05) is 33.2 Å². The number of hydrazone groups is 1. The van der Waals surface area contributed by atoms with Crippen LogP contribution in [0.5, 0.6) is 0 Å². The highest BCUT2D eigenvalue weighted by molar-refractivity contribution is 8.06. The lowest BCUT2D eigenvalue weighted by atomic mass is 9.95. The molecule has 2 heterocycles. The second kappa shape index (κ2) is 11.0. The molecule has 1 aliphatic rings. The summed E-state index contributed by atoms with van der Waals surface area (Å²) in [6, 6.07) is 8.76. The maximum absolute atomic E-state index is 13.5. The monoisotopic (exact) mass is 567 g/mol.